The second-order valence-electron chi connectivity index (χ2n) is 6.71. The Morgan fingerprint density at radius 3 is 1.65 bits per heavy atom. The molecule has 20 heavy (non-hydrogen) atoms. The lowest BCUT2D eigenvalue weighted by Gasteiger charge is -2.37. The fourth-order valence-electron chi connectivity index (χ4n) is 1.26. The average molecular weight is 288 g/mol. The minimum atomic E-state index is -1.77. The summed E-state index contributed by atoms with van der Waals surface area (Å²) in [6.45, 7) is 10.1. The Balaban J connectivity index is 5.68. The lowest BCUT2D eigenvalue weighted by atomic mass is 9.98. The number of amides is 2. The SMILES string of the molecule is CC(C)(C)OC(=O)N(C(=O)C(C)(C)N)C(C)(C)C(=O)O. The predicted octanol–water partition coefficient (Wildman–Crippen LogP) is 1.35. The minimum absolute atomic E-state index is 0.556. The molecule has 0 unspecified atom stereocenters. The van der Waals surface area contributed by atoms with Crippen LogP contribution in [-0.2, 0) is 14.3 Å². The normalized spacial score (nSPS) is 12.8. The molecule has 7 nitrogen and oxygen atoms in total. The number of carboxylic acid groups (broad SMARTS) is 1. The van der Waals surface area contributed by atoms with Gasteiger partial charge in [0.15, 0.2) is 0 Å². The molecule has 0 aromatic rings. The summed E-state index contributed by atoms with van der Waals surface area (Å²) in [5.41, 5.74) is 1.66. The number of nitrogens with zero attached hydrogens (tertiary/aromatic N) is 1. The molecule has 7 heteroatoms. The van der Waals surface area contributed by atoms with E-state index in [1.165, 1.54) is 27.7 Å². The summed E-state index contributed by atoms with van der Waals surface area (Å²) >= 11 is 0. The molecule has 0 saturated heterocycles. The highest BCUT2D eigenvalue weighted by Gasteiger charge is 2.47. The lowest BCUT2D eigenvalue weighted by molar-refractivity contribution is -0.157. The first-order chi connectivity index (χ1) is 8.60. The van der Waals surface area contributed by atoms with Crippen molar-refractivity contribution in [1.82, 2.24) is 4.90 Å². The summed E-state index contributed by atoms with van der Waals surface area (Å²) in [7, 11) is 0. The number of hydrogen-bond donors (Lipinski definition) is 2. The summed E-state index contributed by atoms with van der Waals surface area (Å²) < 4.78 is 5.10. The van der Waals surface area contributed by atoms with Crippen LogP contribution in [0, 0.1) is 0 Å². The molecule has 0 radical (unpaired) electrons. The maximum atomic E-state index is 12.3. The predicted molar refractivity (Wildman–Crippen MR) is 73.1 cm³/mol. The summed E-state index contributed by atoms with van der Waals surface area (Å²) in [4.78, 5) is 36.3. The Kier molecular flexibility index (Phi) is 4.96. The van der Waals surface area contributed by atoms with E-state index in [0.29, 0.717) is 4.90 Å². The third kappa shape index (κ3) is 4.48. The van der Waals surface area contributed by atoms with Crippen molar-refractivity contribution in [3.63, 3.8) is 0 Å². The van der Waals surface area contributed by atoms with Crippen molar-refractivity contribution < 1.29 is 24.2 Å². The Labute approximate surface area is 119 Å². The Hall–Kier alpha value is -1.63. The van der Waals surface area contributed by atoms with E-state index >= 15 is 0 Å². The van der Waals surface area contributed by atoms with Crippen molar-refractivity contribution in [3.8, 4) is 0 Å². The Bertz CT molecular complexity index is 415. The quantitative estimate of drug-likeness (QED) is 0.811. The van der Waals surface area contributed by atoms with E-state index in [1.54, 1.807) is 20.8 Å². The minimum Gasteiger partial charge on any atom is -0.480 e. The van der Waals surface area contributed by atoms with Crippen LogP contribution >= 0.6 is 0 Å². The molecule has 0 fully saturated rings. The van der Waals surface area contributed by atoms with Crippen molar-refractivity contribution >= 4 is 18.0 Å². The van der Waals surface area contributed by atoms with Crippen molar-refractivity contribution in [2.24, 2.45) is 5.73 Å². The summed E-state index contributed by atoms with van der Waals surface area (Å²) in [5.74, 6) is -2.15. The first kappa shape index (κ1) is 18.4. The third-order valence-electron chi connectivity index (χ3n) is 2.41. The average Bonchev–Trinajstić information content (AvgIpc) is 2.11. The van der Waals surface area contributed by atoms with Gasteiger partial charge < -0.3 is 15.6 Å². The van der Waals surface area contributed by atoms with Gasteiger partial charge in [-0.15, -0.1) is 0 Å². The maximum absolute atomic E-state index is 12.3. The number of carbonyl (C=O) groups excluding carboxylic acids is 2. The van der Waals surface area contributed by atoms with Crippen LogP contribution in [0.4, 0.5) is 4.79 Å². The molecule has 116 valence electrons. The van der Waals surface area contributed by atoms with Crippen molar-refractivity contribution in [2.45, 2.75) is 65.1 Å². The fraction of sp³-hybridized carbons (Fsp3) is 0.769. The van der Waals surface area contributed by atoms with Gasteiger partial charge in [0.1, 0.15) is 11.1 Å². The van der Waals surface area contributed by atoms with Gasteiger partial charge in [0.2, 0.25) is 0 Å². The van der Waals surface area contributed by atoms with Gasteiger partial charge in [0.25, 0.3) is 5.91 Å². The smallest absolute Gasteiger partial charge is 0.418 e. The highest BCUT2D eigenvalue weighted by Crippen LogP contribution is 2.22. The van der Waals surface area contributed by atoms with Crippen LogP contribution in [-0.4, -0.2) is 44.7 Å². The van der Waals surface area contributed by atoms with Gasteiger partial charge in [-0.2, -0.15) is 0 Å². The molecule has 0 aliphatic heterocycles. The van der Waals surface area contributed by atoms with Gasteiger partial charge in [0, 0.05) is 0 Å². The molecule has 0 spiro atoms. The van der Waals surface area contributed by atoms with E-state index in [-0.39, 0.29) is 0 Å². The molecule has 0 rings (SSSR count). The molecule has 0 saturated carbocycles. The van der Waals surface area contributed by atoms with Crippen LogP contribution < -0.4 is 5.73 Å². The fourth-order valence-corrected chi connectivity index (χ4v) is 1.26. The zero-order valence-corrected chi connectivity index (χ0v) is 13.1. The highest BCUT2D eigenvalue weighted by molar-refractivity contribution is 6.01. The number of hydrogen-bond acceptors (Lipinski definition) is 5. The van der Waals surface area contributed by atoms with E-state index in [2.05, 4.69) is 0 Å². The summed E-state index contributed by atoms with van der Waals surface area (Å²) in [6.07, 6.45) is -1.03. The number of carbonyl (C=O) groups is 3. The van der Waals surface area contributed by atoms with E-state index in [1.807, 2.05) is 0 Å². The highest BCUT2D eigenvalue weighted by atomic mass is 16.6. The van der Waals surface area contributed by atoms with Crippen LogP contribution in [0.2, 0.25) is 0 Å². The first-order valence-corrected chi connectivity index (χ1v) is 6.20. The zero-order valence-electron chi connectivity index (χ0n) is 13.1. The van der Waals surface area contributed by atoms with E-state index in [0.717, 1.165) is 0 Å². The Morgan fingerprint density at radius 1 is 1.00 bits per heavy atom. The largest absolute Gasteiger partial charge is 0.480 e. The van der Waals surface area contributed by atoms with Gasteiger partial charge in [-0.3, -0.25) is 4.79 Å². The van der Waals surface area contributed by atoms with Gasteiger partial charge in [-0.25, -0.2) is 14.5 Å². The first-order valence-electron chi connectivity index (χ1n) is 6.20. The van der Waals surface area contributed by atoms with Gasteiger partial charge in [0.05, 0.1) is 5.54 Å². The molecule has 0 aromatic carbocycles. The van der Waals surface area contributed by atoms with Crippen molar-refractivity contribution in [2.75, 3.05) is 0 Å². The van der Waals surface area contributed by atoms with Crippen molar-refractivity contribution in [3.05, 3.63) is 0 Å². The Morgan fingerprint density at radius 2 is 1.40 bits per heavy atom. The lowest BCUT2D eigenvalue weighted by Crippen LogP contribution is -2.63. The van der Waals surface area contributed by atoms with Gasteiger partial charge in [-0.05, 0) is 48.5 Å². The number of rotatable bonds is 3. The maximum Gasteiger partial charge on any atom is 0.418 e. The van der Waals surface area contributed by atoms with Crippen LogP contribution in [0.15, 0.2) is 0 Å². The molecule has 0 aliphatic carbocycles. The van der Waals surface area contributed by atoms with E-state index in [9.17, 15) is 19.5 Å². The standard InChI is InChI=1S/C13H24N2O5/c1-11(2,3)20-10(19)15(8(16)12(4,5)14)13(6,7)9(17)18/h14H2,1-7H3,(H,17,18). The monoisotopic (exact) mass is 288 g/mol. The van der Waals surface area contributed by atoms with E-state index in [4.69, 9.17) is 10.5 Å². The number of carboxylic acids is 1. The molecule has 0 atom stereocenters. The third-order valence-corrected chi connectivity index (χ3v) is 2.41. The van der Waals surface area contributed by atoms with Crippen LogP contribution in [0.3, 0.4) is 0 Å². The molecule has 3 N–H and O–H groups in total. The van der Waals surface area contributed by atoms with Crippen molar-refractivity contribution in [1.29, 1.82) is 0 Å². The molecule has 0 aliphatic rings. The number of imide groups is 1. The second-order valence-corrected chi connectivity index (χ2v) is 6.71. The molecular weight excluding hydrogens is 264 g/mol. The van der Waals surface area contributed by atoms with E-state index < -0.39 is 34.6 Å². The second kappa shape index (κ2) is 5.40. The van der Waals surface area contributed by atoms with Crippen LogP contribution in [0.1, 0.15) is 48.5 Å². The van der Waals surface area contributed by atoms with Gasteiger partial charge >= 0.3 is 12.1 Å². The molecular formula is C13H24N2O5. The summed E-state index contributed by atoms with van der Waals surface area (Å²) in [5, 5.41) is 9.23. The molecule has 0 bridgehead atoms. The molecule has 0 aromatic heterocycles. The number of aliphatic carboxylic acids is 1. The molecule has 2 amide bonds. The molecule has 0 heterocycles. The zero-order chi connectivity index (χ0) is 16.5. The number of ether oxygens (including phenoxy) is 1. The van der Waals surface area contributed by atoms with Gasteiger partial charge in [-0.1, -0.05) is 0 Å². The topological polar surface area (TPSA) is 110 Å². The number of nitrogens with two attached hydrogens (primary N) is 1. The summed E-state index contributed by atoms with van der Waals surface area (Å²) in [6, 6.07) is 0. The van der Waals surface area contributed by atoms with Crippen LogP contribution in [0.25, 0.3) is 0 Å². The van der Waals surface area contributed by atoms with Crippen LogP contribution in [0.5, 0.6) is 0 Å².